The smallest absolute Gasteiger partial charge is 0.225 e. The second kappa shape index (κ2) is 7.12. The number of aromatic nitrogens is 2. The molecular formula is C14H16BrN3O3. The van der Waals surface area contributed by atoms with Gasteiger partial charge in [-0.2, -0.15) is 0 Å². The number of halogens is 1. The third-order valence-electron chi connectivity index (χ3n) is 2.87. The van der Waals surface area contributed by atoms with Crippen LogP contribution in [0.4, 0.5) is 5.69 Å². The van der Waals surface area contributed by atoms with E-state index in [-0.39, 0.29) is 0 Å². The van der Waals surface area contributed by atoms with Crippen molar-refractivity contribution in [3.05, 3.63) is 34.6 Å². The van der Waals surface area contributed by atoms with Crippen molar-refractivity contribution in [2.45, 2.75) is 6.54 Å². The van der Waals surface area contributed by atoms with Gasteiger partial charge in [0.2, 0.25) is 11.8 Å². The van der Waals surface area contributed by atoms with Crippen LogP contribution >= 0.6 is 15.9 Å². The predicted octanol–water partition coefficient (Wildman–Crippen LogP) is 2.88. The van der Waals surface area contributed by atoms with E-state index in [0.717, 1.165) is 21.5 Å². The van der Waals surface area contributed by atoms with Crippen LogP contribution in [0.1, 0.15) is 5.56 Å². The fourth-order valence-electron chi connectivity index (χ4n) is 1.84. The lowest BCUT2D eigenvalue weighted by Crippen LogP contribution is -2.06. The molecule has 0 saturated carbocycles. The zero-order chi connectivity index (χ0) is 15.2. The van der Waals surface area contributed by atoms with Crippen LogP contribution in [0.3, 0.4) is 0 Å². The number of ether oxygens (including phenoxy) is 3. The Morgan fingerprint density at radius 2 is 1.71 bits per heavy atom. The Kier molecular flexibility index (Phi) is 5.21. The number of nitrogens with one attached hydrogen (secondary N) is 1. The van der Waals surface area contributed by atoms with E-state index in [0.29, 0.717) is 18.3 Å². The highest BCUT2D eigenvalue weighted by molar-refractivity contribution is 9.10. The first-order valence-electron chi connectivity index (χ1n) is 6.18. The molecule has 112 valence electrons. The maximum absolute atomic E-state index is 5.27. The lowest BCUT2D eigenvalue weighted by Gasteiger charge is -2.13. The Bertz CT molecular complexity index is 600. The van der Waals surface area contributed by atoms with Gasteiger partial charge in [-0.25, -0.2) is 9.97 Å². The largest absolute Gasteiger partial charge is 0.495 e. The Morgan fingerprint density at radius 3 is 2.29 bits per heavy atom. The Morgan fingerprint density at radius 1 is 1.05 bits per heavy atom. The third kappa shape index (κ3) is 3.55. The van der Waals surface area contributed by atoms with E-state index in [4.69, 9.17) is 14.2 Å². The first-order chi connectivity index (χ1) is 10.2. The van der Waals surface area contributed by atoms with E-state index >= 15 is 0 Å². The first kappa shape index (κ1) is 15.4. The minimum absolute atomic E-state index is 0.470. The molecule has 6 nitrogen and oxygen atoms in total. The molecule has 0 aliphatic rings. The van der Waals surface area contributed by atoms with Crippen LogP contribution in [0.2, 0.25) is 0 Å². The number of hydrogen-bond donors (Lipinski definition) is 1. The number of nitrogens with zero attached hydrogens (tertiary/aromatic N) is 2. The molecule has 0 atom stereocenters. The topological polar surface area (TPSA) is 65.5 Å². The molecule has 1 heterocycles. The Balaban J connectivity index is 2.20. The highest BCUT2D eigenvalue weighted by Crippen LogP contribution is 2.29. The van der Waals surface area contributed by atoms with Crippen LogP contribution in [0.25, 0.3) is 0 Å². The van der Waals surface area contributed by atoms with Gasteiger partial charge in [0.25, 0.3) is 0 Å². The van der Waals surface area contributed by atoms with E-state index in [1.165, 1.54) is 6.33 Å². The average molecular weight is 354 g/mol. The summed E-state index contributed by atoms with van der Waals surface area (Å²) >= 11 is 3.42. The molecule has 0 radical (unpaired) electrons. The summed E-state index contributed by atoms with van der Waals surface area (Å²) in [7, 11) is 4.75. The van der Waals surface area contributed by atoms with Crippen LogP contribution in [-0.4, -0.2) is 31.3 Å². The van der Waals surface area contributed by atoms with Crippen molar-refractivity contribution in [3.63, 3.8) is 0 Å². The van der Waals surface area contributed by atoms with Gasteiger partial charge in [0.1, 0.15) is 12.1 Å². The van der Waals surface area contributed by atoms with E-state index < -0.39 is 0 Å². The number of methoxy groups -OCH3 is 3. The minimum Gasteiger partial charge on any atom is -0.495 e. The monoisotopic (exact) mass is 353 g/mol. The zero-order valence-electron chi connectivity index (χ0n) is 12.0. The second-order valence-corrected chi connectivity index (χ2v) is 4.93. The molecule has 0 spiro atoms. The molecule has 0 saturated heterocycles. The summed E-state index contributed by atoms with van der Waals surface area (Å²) in [5.74, 6) is 1.72. The van der Waals surface area contributed by atoms with Crippen molar-refractivity contribution in [1.29, 1.82) is 0 Å². The van der Waals surface area contributed by atoms with Gasteiger partial charge in [-0.1, -0.05) is 0 Å². The van der Waals surface area contributed by atoms with E-state index in [1.54, 1.807) is 21.3 Å². The highest BCUT2D eigenvalue weighted by atomic mass is 79.9. The molecule has 2 rings (SSSR count). The van der Waals surface area contributed by atoms with Crippen molar-refractivity contribution in [2.24, 2.45) is 0 Å². The summed E-state index contributed by atoms with van der Waals surface area (Å²) in [6.07, 6.45) is 1.41. The van der Waals surface area contributed by atoms with Gasteiger partial charge in [0, 0.05) is 11.8 Å². The van der Waals surface area contributed by atoms with Crippen LogP contribution < -0.4 is 19.5 Å². The molecule has 0 fully saturated rings. The quantitative estimate of drug-likeness (QED) is 0.861. The summed E-state index contributed by atoms with van der Waals surface area (Å²) in [6, 6.07) is 5.75. The normalized spacial score (nSPS) is 10.1. The maximum atomic E-state index is 5.27. The van der Waals surface area contributed by atoms with Crippen LogP contribution in [-0.2, 0) is 6.54 Å². The van der Waals surface area contributed by atoms with Crippen molar-refractivity contribution >= 4 is 21.6 Å². The fraction of sp³-hybridized carbons (Fsp3) is 0.286. The molecule has 0 amide bonds. The van der Waals surface area contributed by atoms with Crippen molar-refractivity contribution in [1.82, 2.24) is 9.97 Å². The van der Waals surface area contributed by atoms with E-state index in [9.17, 15) is 0 Å². The van der Waals surface area contributed by atoms with Gasteiger partial charge in [-0.3, -0.25) is 0 Å². The van der Waals surface area contributed by atoms with Crippen molar-refractivity contribution in [2.75, 3.05) is 26.6 Å². The number of hydrogen-bond acceptors (Lipinski definition) is 6. The fourth-order valence-corrected chi connectivity index (χ4v) is 2.25. The van der Waals surface area contributed by atoms with Gasteiger partial charge in [-0.05, 0) is 28.1 Å². The Hall–Kier alpha value is -2.02. The summed E-state index contributed by atoms with van der Waals surface area (Å²) in [5.41, 5.74) is 1.66. The van der Waals surface area contributed by atoms with Crippen LogP contribution in [0.15, 0.2) is 29.0 Å². The predicted molar refractivity (Wildman–Crippen MR) is 83.2 cm³/mol. The van der Waals surface area contributed by atoms with Gasteiger partial charge < -0.3 is 19.5 Å². The molecular weight excluding hydrogens is 338 g/mol. The third-order valence-corrected chi connectivity index (χ3v) is 3.53. The molecule has 0 bridgehead atoms. The summed E-state index contributed by atoms with van der Waals surface area (Å²) in [5, 5.41) is 3.27. The van der Waals surface area contributed by atoms with Gasteiger partial charge in [-0.15, -0.1) is 0 Å². The molecule has 1 aromatic heterocycles. The molecule has 7 heteroatoms. The maximum Gasteiger partial charge on any atom is 0.225 e. The van der Waals surface area contributed by atoms with E-state index in [1.807, 2.05) is 18.2 Å². The standard InChI is InChI=1S/C14H16BrN3O3/c1-19-12-6-9(4-5-11(12)15)16-7-10-13(20-2)17-8-18-14(10)21-3/h4-6,8,16H,7H2,1-3H3. The van der Waals surface area contributed by atoms with E-state index in [2.05, 4.69) is 31.2 Å². The van der Waals surface area contributed by atoms with Crippen molar-refractivity contribution in [3.8, 4) is 17.5 Å². The van der Waals surface area contributed by atoms with Crippen molar-refractivity contribution < 1.29 is 14.2 Å². The zero-order valence-corrected chi connectivity index (χ0v) is 13.6. The van der Waals surface area contributed by atoms with Crippen LogP contribution in [0.5, 0.6) is 17.5 Å². The molecule has 0 aliphatic carbocycles. The van der Waals surface area contributed by atoms with Gasteiger partial charge in [0.05, 0.1) is 37.9 Å². The summed E-state index contributed by atoms with van der Waals surface area (Å²) in [6.45, 7) is 0.470. The number of rotatable bonds is 6. The highest BCUT2D eigenvalue weighted by Gasteiger charge is 2.12. The number of anilines is 1. The summed E-state index contributed by atoms with van der Waals surface area (Å²) in [4.78, 5) is 8.16. The first-order valence-corrected chi connectivity index (χ1v) is 6.98. The van der Waals surface area contributed by atoms with Crippen LogP contribution in [0, 0.1) is 0 Å². The molecule has 0 unspecified atom stereocenters. The summed E-state index contributed by atoms with van der Waals surface area (Å²) < 4.78 is 16.6. The average Bonchev–Trinajstić information content (AvgIpc) is 2.53. The lowest BCUT2D eigenvalue weighted by atomic mass is 10.2. The van der Waals surface area contributed by atoms with Gasteiger partial charge >= 0.3 is 0 Å². The molecule has 1 N–H and O–H groups in total. The molecule has 1 aromatic carbocycles. The molecule has 21 heavy (non-hydrogen) atoms. The molecule has 0 aliphatic heterocycles. The second-order valence-electron chi connectivity index (χ2n) is 4.07. The minimum atomic E-state index is 0.470. The molecule has 2 aromatic rings. The van der Waals surface area contributed by atoms with Gasteiger partial charge in [0.15, 0.2) is 0 Å². The number of benzene rings is 1. The SMILES string of the molecule is COc1cc(NCc2c(OC)ncnc2OC)ccc1Br. The lowest BCUT2D eigenvalue weighted by molar-refractivity contribution is 0.363. The Labute approximate surface area is 131 Å².